The zero-order valence-electron chi connectivity index (χ0n) is 9.32. The van der Waals surface area contributed by atoms with Crippen LogP contribution in [0.2, 0.25) is 0 Å². The van der Waals surface area contributed by atoms with Gasteiger partial charge in [-0.1, -0.05) is 36.4 Å². The highest BCUT2D eigenvalue weighted by Gasteiger charge is 2.13. The van der Waals surface area contributed by atoms with Gasteiger partial charge in [-0.25, -0.2) is 14.3 Å². The maximum atomic E-state index is 10.9. The average molecular weight is 239 g/mol. The van der Waals surface area contributed by atoms with Gasteiger partial charge in [0.15, 0.2) is 5.65 Å². The molecule has 5 heteroatoms. The Bertz CT molecular complexity index is 719. The predicted molar refractivity (Wildman–Crippen MR) is 65.4 cm³/mol. The summed E-state index contributed by atoms with van der Waals surface area (Å²) < 4.78 is 1.54. The molecular formula is C13H9N3O2. The smallest absolute Gasteiger partial charge is 0.375 e. The van der Waals surface area contributed by atoms with Crippen molar-refractivity contribution in [3.8, 4) is 11.3 Å². The fourth-order valence-electron chi connectivity index (χ4n) is 1.82. The Morgan fingerprint density at radius 1 is 1.06 bits per heavy atom. The number of fused-ring (bicyclic) bond motifs is 1. The third-order valence-electron chi connectivity index (χ3n) is 2.62. The van der Waals surface area contributed by atoms with Crippen molar-refractivity contribution in [3.63, 3.8) is 0 Å². The first-order valence-electron chi connectivity index (χ1n) is 5.40. The van der Waals surface area contributed by atoms with Crippen molar-refractivity contribution in [2.24, 2.45) is 0 Å². The van der Waals surface area contributed by atoms with Crippen LogP contribution in [-0.2, 0) is 0 Å². The molecule has 0 aliphatic heterocycles. The molecule has 2 heterocycles. The average Bonchev–Trinajstić information content (AvgIpc) is 2.83. The summed E-state index contributed by atoms with van der Waals surface area (Å²) in [7, 11) is 0. The number of aromatic nitrogens is 3. The molecule has 0 atom stereocenters. The maximum Gasteiger partial charge on any atom is 0.375 e. The third-order valence-corrected chi connectivity index (χ3v) is 2.62. The summed E-state index contributed by atoms with van der Waals surface area (Å²) >= 11 is 0. The highest BCUT2D eigenvalue weighted by atomic mass is 16.4. The molecule has 0 fully saturated rings. The minimum atomic E-state index is -1.13. The van der Waals surface area contributed by atoms with Crippen molar-refractivity contribution >= 4 is 11.6 Å². The predicted octanol–water partition coefficient (Wildman–Crippen LogP) is 2.09. The van der Waals surface area contributed by atoms with E-state index in [2.05, 4.69) is 10.1 Å². The second-order valence-corrected chi connectivity index (χ2v) is 3.79. The highest BCUT2D eigenvalue weighted by Crippen LogP contribution is 2.19. The maximum absolute atomic E-state index is 10.9. The van der Waals surface area contributed by atoms with Gasteiger partial charge in [0.25, 0.3) is 5.82 Å². The van der Waals surface area contributed by atoms with Crippen LogP contribution in [-0.4, -0.2) is 25.7 Å². The highest BCUT2D eigenvalue weighted by molar-refractivity contribution is 5.84. The lowest BCUT2D eigenvalue weighted by Gasteiger charge is -2.03. The molecule has 1 N–H and O–H groups in total. The lowest BCUT2D eigenvalue weighted by Crippen LogP contribution is -2.00. The summed E-state index contributed by atoms with van der Waals surface area (Å²) in [5.41, 5.74) is 2.30. The number of hydrogen-bond acceptors (Lipinski definition) is 3. The quantitative estimate of drug-likeness (QED) is 0.743. The van der Waals surface area contributed by atoms with E-state index < -0.39 is 5.97 Å². The van der Waals surface area contributed by atoms with Gasteiger partial charge in [0.05, 0.1) is 5.69 Å². The molecule has 0 saturated carbocycles. The summed E-state index contributed by atoms with van der Waals surface area (Å²) in [4.78, 5) is 14.8. The third kappa shape index (κ3) is 1.62. The number of benzene rings is 1. The first-order valence-corrected chi connectivity index (χ1v) is 5.40. The second kappa shape index (κ2) is 3.96. The fourth-order valence-corrected chi connectivity index (χ4v) is 1.82. The molecule has 0 aliphatic carbocycles. The van der Waals surface area contributed by atoms with Gasteiger partial charge >= 0.3 is 5.97 Å². The minimum absolute atomic E-state index is 0.196. The molecule has 0 spiro atoms. The fraction of sp³-hybridized carbons (Fsp3) is 0. The lowest BCUT2D eigenvalue weighted by atomic mass is 10.1. The molecule has 0 aliphatic rings. The van der Waals surface area contributed by atoms with Crippen LogP contribution in [0.1, 0.15) is 10.6 Å². The van der Waals surface area contributed by atoms with E-state index in [9.17, 15) is 4.79 Å². The number of hydrogen-bond donors (Lipinski definition) is 1. The number of pyridine rings is 1. The molecule has 0 bridgehead atoms. The van der Waals surface area contributed by atoms with E-state index >= 15 is 0 Å². The topological polar surface area (TPSA) is 67.5 Å². The Balaban J connectivity index is 2.27. The number of nitrogens with zero attached hydrogens (tertiary/aromatic N) is 3. The van der Waals surface area contributed by atoms with E-state index in [1.165, 1.54) is 0 Å². The Hall–Kier alpha value is -2.69. The molecule has 0 amide bonds. The van der Waals surface area contributed by atoms with E-state index in [0.29, 0.717) is 5.65 Å². The van der Waals surface area contributed by atoms with Crippen LogP contribution in [0.25, 0.3) is 16.9 Å². The van der Waals surface area contributed by atoms with Crippen molar-refractivity contribution < 1.29 is 9.90 Å². The Kier molecular flexibility index (Phi) is 2.30. The van der Waals surface area contributed by atoms with Gasteiger partial charge < -0.3 is 5.11 Å². The van der Waals surface area contributed by atoms with E-state index in [-0.39, 0.29) is 5.82 Å². The number of carboxylic acid groups (broad SMARTS) is 1. The number of aromatic carboxylic acids is 1. The molecule has 3 rings (SSSR count). The summed E-state index contributed by atoms with van der Waals surface area (Å²) in [6.07, 6.45) is 0. The normalized spacial score (nSPS) is 10.7. The van der Waals surface area contributed by atoms with Crippen LogP contribution in [0, 0.1) is 0 Å². The Morgan fingerprint density at radius 2 is 1.83 bits per heavy atom. The number of rotatable bonds is 2. The summed E-state index contributed by atoms with van der Waals surface area (Å²) in [6.45, 7) is 0. The van der Waals surface area contributed by atoms with Crippen LogP contribution in [0.4, 0.5) is 0 Å². The molecule has 2 aromatic heterocycles. The molecule has 3 aromatic rings. The van der Waals surface area contributed by atoms with Crippen molar-refractivity contribution in [3.05, 3.63) is 54.4 Å². The second-order valence-electron chi connectivity index (χ2n) is 3.79. The lowest BCUT2D eigenvalue weighted by molar-refractivity contribution is 0.0684. The first kappa shape index (κ1) is 10.5. The van der Waals surface area contributed by atoms with Crippen LogP contribution >= 0.6 is 0 Å². The van der Waals surface area contributed by atoms with Crippen LogP contribution in [0.5, 0.6) is 0 Å². The van der Waals surface area contributed by atoms with Gasteiger partial charge in [-0.15, -0.1) is 5.10 Å². The SMILES string of the molecule is O=C(O)c1nc2cccc(-c3ccccc3)n2n1. The zero-order chi connectivity index (χ0) is 12.5. The number of carbonyl (C=O) groups is 1. The van der Waals surface area contributed by atoms with Crippen LogP contribution in [0.15, 0.2) is 48.5 Å². The summed E-state index contributed by atoms with van der Waals surface area (Å²) in [5, 5.41) is 12.9. The van der Waals surface area contributed by atoms with Crippen molar-refractivity contribution in [1.29, 1.82) is 0 Å². The zero-order valence-corrected chi connectivity index (χ0v) is 9.32. The molecule has 5 nitrogen and oxygen atoms in total. The van der Waals surface area contributed by atoms with E-state index in [0.717, 1.165) is 11.3 Å². The summed E-state index contributed by atoms with van der Waals surface area (Å²) in [6, 6.07) is 15.1. The van der Waals surface area contributed by atoms with Gasteiger partial charge in [-0.05, 0) is 12.1 Å². The van der Waals surface area contributed by atoms with E-state index in [1.54, 1.807) is 10.6 Å². The molecule has 18 heavy (non-hydrogen) atoms. The largest absolute Gasteiger partial charge is 0.475 e. The molecule has 0 saturated heterocycles. The van der Waals surface area contributed by atoms with Crippen molar-refractivity contribution in [1.82, 2.24) is 14.6 Å². The van der Waals surface area contributed by atoms with Gasteiger partial charge in [-0.3, -0.25) is 0 Å². The molecule has 0 radical (unpaired) electrons. The minimum Gasteiger partial charge on any atom is -0.475 e. The van der Waals surface area contributed by atoms with Gasteiger partial charge in [0, 0.05) is 5.56 Å². The molecular weight excluding hydrogens is 230 g/mol. The van der Waals surface area contributed by atoms with Gasteiger partial charge in [-0.2, -0.15) is 0 Å². The Morgan fingerprint density at radius 3 is 2.56 bits per heavy atom. The van der Waals surface area contributed by atoms with Crippen LogP contribution in [0.3, 0.4) is 0 Å². The molecule has 1 aromatic carbocycles. The Labute approximate surface area is 102 Å². The van der Waals surface area contributed by atoms with Crippen LogP contribution < -0.4 is 0 Å². The monoisotopic (exact) mass is 239 g/mol. The number of carboxylic acids is 1. The van der Waals surface area contributed by atoms with E-state index in [4.69, 9.17) is 5.11 Å². The van der Waals surface area contributed by atoms with Gasteiger partial charge in [0.2, 0.25) is 0 Å². The van der Waals surface area contributed by atoms with Gasteiger partial charge in [0.1, 0.15) is 0 Å². The molecule has 0 unspecified atom stereocenters. The van der Waals surface area contributed by atoms with Crippen molar-refractivity contribution in [2.45, 2.75) is 0 Å². The summed E-state index contributed by atoms with van der Waals surface area (Å²) in [5.74, 6) is -1.32. The molecule has 88 valence electrons. The van der Waals surface area contributed by atoms with Crippen molar-refractivity contribution in [2.75, 3.05) is 0 Å². The van der Waals surface area contributed by atoms with E-state index in [1.807, 2.05) is 42.5 Å². The first-order chi connectivity index (χ1) is 8.75. The standard InChI is InChI=1S/C13H9N3O2/c17-13(18)12-14-11-8-4-7-10(16(11)15-12)9-5-2-1-3-6-9/h1-8H,(H,17,18).